The maximum Gasteiger partial charge on any atom is 0.0761 e. The molecular formula is C14H21NO2. The highest BCUT2D eigenvalue weighted by Gasteiger charge is 2.22. The van der Waals surface area contributed by atoms with Gasteiger partial charge in [0.1, 0.15) is 0 Å². The van der Waals surface area contributed by atoms with Gasteiger partial charge in [-0.3, -0.25) is 0 Å². The number of hydrogen-bond donors (Lipinski definition) is 1. The predicted octanol–water partition coefficient (Wildman–Crippen LogP) is 2.21. The molecule has 3 nitrogen and oxygen atoms in total. The van der Waals surface area contributed by atoms with Gasteiger partial charge in [0.05, 0.1) is 12.7 Å². The van der Waals surface area contributed by atoms with Gasteiger partial charge in [-0.2, -0.15) is 0 Å². The van der Waals surface area contributed by atoms with Gasteiger partial charge in [-0.05, 0) is 31.0 Å². The highest BCUT2D eigenvalue weighted by molar-refractivity contribution is 5.48. The lowest BCUT2D eigenvalue weighted by Crippen LogP contribution is -2.20. The van der Waals surface area contributed by atoms with E-state index >= 15 is 0 Å². The molecule has 94 valence electrons. The first-order chi connectivity index (χ1) is 8.20. The summed E-state index contributed by atoms with van der Waals surface area (Å²) in [7, 11) is 1.76. The maximum absolute atomic E-state index is 9.46. The van der Waals surface area contributed by atoms with E-state index < -0.39 is 0 Å². The smallest absolute Gasteiger partial charge is 0.0761 e. The molecule has 1 aliphatic heterocycles. The van der Waals surface area contributed by atoms with Crippen molar-refractivity contribution in [1.29, 1.82) is 0 Å². The van der Waals surface area contributed by atoms with Crippen molar-refractivity contribution in [2.75, 3.05) is 31.7 Å². The van der Waals surface area contributed by atoms with E-state index in [1.165, 1.54) is 12.1 Å². The lowest BCUT2D eigenvalue weighted by molar-refractivity contribution is 0.161. The van der Waals surface area contributed by atoms with Crippen molar-refractivity contribution in [3.8, 4) is 0 Å². The van der Waals surface area contributed by atoms with Crippen LogP contribution in [-0.2, 0) is 4.74 Å². The number of nitrogens with zero attached hydrogens (tertiary/aromatic N) is 1. The molecule has 1 aromatic carbocycles. The van der Waals surface area contributed by atoms with Gasteiger partial charge in [-0.15, -0.1) is 0 Å². The summed E-state index contributed by atoms with van der Waals surface area (Å²) in [4.78, 5) is 2.38. The second kappa shape index (κ2) is 5.52. The fourth-order valence-corrected chi connectivity index (χ4v) is 2.40. The van der Waals surface area contributed by atoms with Crippen molar-refractivity contribution in [3.63, 3.8) is 0 Å². The van der Waals surface area contributed by atoms with E-state index in [9.17, 15) is 5.11 Å². The van der Waals surface area contributed by atoms with Crippen LogP contribution in [0.5, 0.6) is 0 Å². The summed E-state index contributed by atoms with van der Waals surface area (Å²) in [6.45, 7) is 4.81. The Morgan fingerprint density at radius 3 is 2.71 bits per heavy atom. The monoisotopic (exact) mass is 235 g/mol. The quantitative estimate of drug-likeness (QED) is 0.868. The summed E-state index contributed by atoms with van der Waals surface area (Å²) in [6.07, 6.45) is 0.815. The minimum Gasteiger partial charge on any atom is -0.389 e. The largest absolute Gasteiger partial charge is 0.389 e. The zero-order valence-electron chi connectivity index (χ0n) is 10.6. The fraction of sp³-hybridized carbons (Fsp3) is 0.571. The van der Waals surface area contributed by atoms with E-state index in [0.29, 0.717) is 5.92 Å². The van der Waals surface area contributed by atoms with Crippen molar-refractivity contribution >= 4 is 5.69 Å². The summed E-state index contributed by atoms with van der Waals surface area (Å²) < 4.78 is 5.20. The molecule has 1 saturated heterocycles. The van der Waals surface area contributed by atoms with Crippen LogP contribution in [0, 0.1) is 5.92 Å². The van der Waals surface area contributed by atoms with E-state index in [1.807, 2.05) is 12.1 Å². The third kappa shape index (κ3) is 2.99. The molecule has 0 bridgehead atoms. The molecule has 17 heavy (non-hydrogen) atoms. The summed E-state index contributed by atoms with van der Waals surface area (Å²) in [5, 5.41) is 9.46. The molecule has 1 N–H and O–H groups in total. The van der Waals surface area contributed by atoms with Crippen LogP contribution in [0.15, 0.2) is 24.3 Å². The number of aliphatic hydroxyl groups excluding tert-OH is 1. The average Bonchev–Trinajstić information content (AvgIpc) is 2.78. The van der Waals surface area contributed by atoms with Gasteiger partial charge in [-0.1, -0.05) is 12.1 Å². The second-order valence-electron chi connectivity index (χ2n) is 4.82. The number of anilines is 1. The maximum atomic E-state index is 9.46. The number of aliphatic hydroxyl groups is 1. The first-order valence-electron chi connectivity index (χ1n) is 6.22. The topological polar surface area (TPSA) is 32.7 Å². The minimum absolute atomic E-state index is 0.385. The number of benzene rings is 1. The number of hydrogen-bond acceptors (Lipinski definition) is 3. The molecule has 2 atom stereocenters. The van der Waals surface area contributed by atoms with Gasteiger partial charge in [0.25, 0.3) is 0 Å². The summed E-state index contributed by atoms with van der Waals surface area (Å²) in [5.74, 6) is 0.649. The van der Waals surface area contributed by atoms with Crippen molar-refractivity contribution in [2.24, 2.45) is 5.92 Å². The Balaban J connectivity index is 1.99. The summed E-state index contributed by atoms with van der Waals surface area (Å²) >= 11 is 0. The van der Waals surface area contributed by atoms with E-state index in [4.69, 9.17) is 4.74 Å². The Labute approximate surface area is 103 Å². The molecule has 0 aliphatic carbocycles. The third-order valence-electron chi connectivity index (χ3n) is 3.43. The molecule has 1 fully saturated rings. The van der Waals surface area contributed by atoms with Gasteiger partial charge in [0, 0.05) is 31.8 Å². The number of methoxy groups -OCH3 is 1. The zero-order valence-corrected chi connectivity index (χ0v) is 10.6. The Morgan fingerprint density at radius 1 is 1.41 bits per heavy atom. The van der Waals surface area contributed by atoms with E-state index in [0.717, 1.165) is 25.3 Å². The molecular weight excluding hydrogens is 214 g/mol. The summed E-state index contributed by atoms with van der Waals surface area (Å²) in [6, 6.07) is 8.20. The van der Waals surface area contributed by atoms with Crippen molar-refractivity contribution in [3.05, 3.63) is 29.8 Å². The first-order valence-corrected chi connectivity index (χ1v) is 6.22. The van der Waals surface area contributed by atoms with Crippen molar-refractivity contribution in [2.45, 2.75) is 19.4 Å². The fourth-order valence-electron chi connectivity index (χ4n) is 2.40. The van der Waals surface area contributed by atoms with Gasteiger partial charge >= 0.3 is 0 Å². The number of ether oxygens (including phenoxy) is 1. The zero-order chi connectivity index (χ0) is 12.3. The van der Waals surface area contributed by atoms with Gasteiger partial charge in [0.15, 0.2) is 0 Å². The molecule has 3 heteroatoms. The highest BCUT2D eigenvalue weighted by atomic mass is 16.5. The molecule has 1 aliphatic rings. The predicted molar refractivity (Wildman–Crippen MR) is 69.3 cm³/mol. The highest BCUT2D eigenvalue weighted by Crippen LogP contribution is 2.25. The molecule has 2 unspecified atom stereocenters. The van der Waals surface area contributed by atoms with Crippen LogP contribution < -0.4 is 4.90 Å². The van der Waals surface area contributed by atoms with Gasteiger partial charge in [0.2, 0.25) is 0 Å². The van der Waals surface area contributed by atoms with Gasteiger partial charge in [-0.25, -0.2) is 0 Å². The minimum atomic E-state index is -0.385. The van der Waals surface area contributed by atoms with Crippen LogP contribution in [0.3, 0.4) is 0 Å². The van der Waals surface area contributed by atoms with Crippen LogP contribution in [-0.4, -0.2) is 31.9 Å². The molecule has 0 radical (unpaired) electrons. The Kier molecular flexibility index (Phi) is 4.02. The van der Waals surface area contributed by atoms with Crippen molar-refractivity contribution < 1.29 is 9.84 Å². The Bertz CT molecular complexity index is 348. The van der Waals surface area contributed by atoms with Crippen LogP contribution in [0.25, 0.3) is 0 Å². The summed E-state index contributed by atoms with van der Waals surface area (Å²) in [5.41, 5.74) is 2.22. The second-order valence-corrected chi connectivity index (χ2v) is 4.82. The Morgan fingerprint density at radius 2 is 2.12 bits per heavy atom. The van der Waals surface area contributed by atoms with E-state index in [2.05, 4.69) is 17.0 Å². The molecule has 1 aromatic rings. The standard InChI is InChI=1S/C14H21NO2/c1-11(16)13-3-5-14(6-4-13)15-8-7-12(9-15)10-17-2/h3-6,11-12,16H,7-10H2,1-2H3. The molecule has 2 rings (SSSR count). The van der Waals surface area contributed by atoms with E-state index in [1.54, 1.807) is 14.0 Å². The lowest BCUT2D eigenvalue weighted by atomic mass is 10.1. The first kappa shape index (κ1) is 12.4. The average molecular weight is 235 g/mol. The third-order valence-corrected chi connectivity index (χ3v) is 3.43. The van der Waals surface area contributed by atoms with Crippen LogP contribution in [0.1, 0.15) is 25.0 Å². The van der Waals surface area contributed by atoms with Crippen LogP contribution in [0.4, 0.5) is 5.69 Å². The number of rotatable bonds is 4. The van der Waals surface area contributed by atoms with Gasteiger partial charge < -0.3 is 14.7 Å². The normalized spacial score (nSPS) is 21.8. The molecule has 0 saturated carbocycles. The molecule has 0 spiro atoms. The molecule has 1 heterocycles. The SMILES string of the molecule is COCC1CCN(c2ccc(C(C)O)cc2)C1. The molecule has 0 aromatic heterocycles. The van der Waals surface area contributed by atoms with Crippen molar-refractivity contribution in [1.82, 2.24) is 0 Å². The molecule has 0 amide bonds. The van der Waals surface area contributed by atoms with Crippen LogP contribution in [0.2, 0.25) is 0 Å². The Hall–Kier alpha value is -1.06. The van der Waals surface area contributed by atoms with Crippen LogP contribution >= 0.6 is 0 Å². The van der Waals surface area contributed by atoms with E-state index in [-0.39, 0.29) is 6.10 Å². The lowest BCUT2D eigenvalue weighted by Gasteiger charge is -2.19.